The number of carbonyl (C=O) groups excluding carboxylic acids is 1. The predicted molar refractivity (Wildman–Crippen MR) is 61.0 cm³/mol. The number of methoxy groups -OCH3 is 1. The lowest BCUT2D eigenvalue weighted by Crippen LogP contribution is -2.52. The van der Waals surface area contributed by atoms with Crippen LogP contribution in [0, 0.1) is 0 Å². The summed E-state index contributed by atoms with van der Waals surface area (Å²) in [6.45, 7) is 6.75. The first-order valence-electron chi connectivity index (χ1n) is 5.05. The zero-order chi connectivity index (χ0) is 12.3. The summed E-state index contributed by atoms with van der Waals surface area (Å²) in [6, 6.07) is 0. The summed E-state index contributed by atoms with van der Waals surface area (Å²) in [6.07, 6.45) is 2.04. The molecule has 16 heavy (non-hydrogen) atoms. The monoisotopic (exact) mass is 226 g/mol. The summed E-state index contributed by atoms with van der Waals surface area (Å²) in [5.74, 6) is 0.424. The second-order valence-electron chi connectivity index (χ2n) is 4.10. The second kappa shape index (κ2) is 4.55. The molecule has 1 heterocycles. The quantitative estimate of drug-likeness (QED) is 0.535. The molecule has 0 aromatic heterocycles. The smallest absolute Gasteiger partial charge is 0.303 e. The van der Waals surface area contributed by atoms with Crippen molar-refractivity contribution in [3.05, 3.63) is 12.0 Å². The first-order chi connectivity index (χ1) is 7.42. The van der Waals surface area contributed by atoms with Crippen LogP contribution in [0.4, 0.5) is 0 Å². The van der Waals surface area contributed by atoms with Gasteiger partial charge in [-0.1, -0.05) is 0 Å². The highest BCUT2D eigenvalue weighted by atomic mass is 16.6. The molecule has 2 unspecified atom stereocenters. The van der Waals surface area contributed by atoms with E-state index in [1.807, 2.05) is 25.1 Å². The van der Waals surface area contributed by atoms with Crippen molar-refractivity contribution in [2.24, 2.45) is 4.99 Å². The van der Waals surface area contributed by atoms with E-state index in [0.717, 1.165) is 5.76 Å². The minimum absolute atomic E-state index is 0.296. The minimum atomic E-state index is -0.734. The van der Waals surface area contributed by atoms with Crippen molar-refractivity contribution in [3.63, 3.8) is 0 Å². The van der Waals surface area contributed by atoms with E-state index in [-0.39, 0.29) is 12.1 Å². The van der Waals surface area contributed by atoms with Gasteiger partial charge in [0.25, 0.3) is 0 Å². The molecule has 0 amide bonds. The van der Waals surface area contributed by atoms with Gasteiger partial charge in [0.15, 0.2) is 11.8 Å². The molecule has 0 aromatic carbocycles. The van der Waals surface area contributed by atoms with E-state index >= 15 is 0 Å². The molecular formula is C11H18N2O3. The first kappa shape index (κ1) is 12.5. The van der Waals surface area contributed by atoms with Crippen LogP contribution in [0.3, 0.4) is 0 Å². The Bertz CT molecular complexity index is 327. The molecule has 0 N–H and O–H groups in total. The predicted octanol–water partition coefficient (Wildman–Crippen LogP) is 1.16. The number of esters is 1. The molecule has 2 atom stereocenters. The van der Waals surface area contributed by atoms with Gasteiger partial charge in [0.2, 0.25) is 0 Å². The fraction of sp³-hybridized carbons (Fsp3) is 0.636. The van der Waals surface area contributed by atoms with Crippen LogP contribution in [0.5, 0.6) is 0 Å². The Morgan fingerprint density at radius 2 is 2.38 bits per heavy atom. The zero-order valence-electron chi connectivity index (χ0n) is 10.2. The second-order valence-corrected chi connectivity index (χ2v) is 4.10. The maximum atomic E-state index is 11.1. The Morgan fingerprint density at radius 1 is 1.75 bits per heavy atom. The van der Waals surface area contributed by atoms with E-state index in [2.05, 4.69) is 11.7 Å². The number of hydrogen-bond acceptors (Lipinski definition) is 5. The van der Waals surface area contributed by atoms with E-state index in [9.17, 15) is 4.79 Å². The Labute approximate surface area is 95.7 Å². The van der Waals surface area contributed by atoms with Crippen molar-refractivity contribution in [2.45, 2.75) is 32.0 Å². The van der Waals surface area contributed by atoms with E-state index < -0.39 is 5.60 Å². The highest BCUT2D eigenvalue weighted by Gasteiger charge is 2.43. The van der Waals surface area contributed by atoms with E-state index in [1.165, 1.54) is 6.92 Å². The minimum Gasteiger partial charge on any atom is -0.499 e. The Morgan fingerprint density at radius 3 is 2.81 bits per heavy atom. The van der Waals surface area contributed by atoms with Crippen LogP contribution in [0.15, 0.2) is 17.0 Å². The van der Waals surface area contributed by atoms with Gasteiger partial charge < -0.3 is 14.4 Å². The summed E-state index contributed by atoms with van der Waals surface area (Å²) < 4.78 is 10.5. The third kappa shape index (κ3) is 2.35. The standard InChI is InChI=1S/C11H18N2O3/c1-8(14)16-11(2)6-9(15-5)7-13(4)10(11)12-3/h7,10H,3,6H2,1-2,4-5H3. The first-order valence-corrected chi connectivity index (χ1v) is 5.05. The molecule has 0 saturated heterocycles. The van der Waals surface area contributed by atoms with Crippen molar-refractivity contribution in [2.75, 3.05) is 14.2 Å². The molecule has 0 fully saturated rings. The number of nitrogens with zero attached hydrogens (tertiary/aromatic N) is 2. The lowest BCUT2D eigenvalue weighted by molar-refractivity contribution is -0.163. The molecule has 1 rings (SSSR count). The molecule has 1 aliphatic heterocycles. The average Bonchev–Trinajstić information content (AvgIpc) is 2.15. The molecule has 0 saturated carbocycles. The zero-order valence-corrected chi connectivity index (χ0v) is 10.2. The summed E-state index contributed by atoms with van der Waals surface area (Å²) in [5.41, 5.74) is -0.734. The summed E-state index contributed by atoms with van der Waals surface area (Å²) in [4.78, 5) is 17.0. The van der Waals surface area contributed by atoms with Gasteiger partial charge in [-0.25, -0.2) is 0 Å². The van der Waals surface area contributed by atoms with Gasteiger partial charge in [0.05, 0.1) is 13.5 Å². The molecule has 90 valence electrons. The summed E-state index contributed by atoms with van der Waals surface area (Å²) in [5, 5.41) is 0. The molecular weight excluding hydrogens is 208 g/mol. The van der Waals surface area contributed by atoms with E-state index in [1.54, 1.807) is 7.11 Å². The lowest BCUT2D eigenvalue weighted by Gasteiger charge is -2.42. The molecule has 5 heteroatoms. The number of rotatable bonds is 3. The van der Waals surface area contributed by atoms with Gasteiger partial charge in [-0.05, 0) is 13.6 Å². The normalized spacial score (nSPS) is 29.4. The van der Waals surface area contributed by atoms with Crippen LogP contribution in [-0.2, 0) is 14.3 Å². The van der Waals surface area contributed by atoms with Crippen LogP contribution >= 0.6 is 0 Å². The fourth-order valence-electron chi connectivity index (χ4n) is 2.08. The SMILES string of the molecule is C=NC1N(C)C=C(OC)CC1(C)OC(C)=O. The molecule has 0 bridgehead atoms. The number of carbonyl (C=O) groups is 1. The van der Waals surface area contributed by atoms with Crippen LogP contribution in [0.25, 0.3) is 0 Å². The summed E-state index contributed by atoms with van der Waals surface area (Å²) in [7, 11) is 3.44. The van der Waals surface area contributed by atoms with Crippen molar-refractivity contribution >= 4 is 12.7 Å². The van der Waals surface area contributed by atoms with Gasteiger partial charge in [0.1, 0.15) is 5.76 Å². The third-order valence-electron chi connectivity index (χ3n) is 2.62. The van der Waals surface area contributed by atoms with Crippen molar-refractivity contribution < 1.29 is 14.3 Å². The number of aliphatic imine (C=N–C) groups is 1. The van der Waals surface area contributed by atoms with Crippen molar-refractivity contribution in [1.82, 2.24) is 4.90 Å². The van der Waals surface area contributed by atoms with Crippen LogP contribution < -0.4 is 0 Å². The van der Waals surface area contributed by atoms with Crippen LogP contribution in [-0.4, -0.2) is 43.5 Å². The number of hydrogen-bond donors (Lipinski definition) is 0. The van der Waals surface area contributed by atoms with Crippen molar-refractivity contribution in [3.8, 4) is 0 Å². The Kier molecular flexibility index (Phi) is 3.57. The van der Waals surface area contributed by atoms with Crippen molar-refractivity contribution in [1.29, 1.82) is 0 Å². The Hall–Kier alpha value is -1.52. The van der Waals surface area contributed by atoms with E-state index in [0.29, 0.717) is 6.42 Å². The summed E-state index contributed by atoms with van der Waals surface area (Å²) >= 11 is 0. The maximum Gasteiger partial charge on any atom is 0.303 e. The fourth-order valence-corrected chi connectivity index (χ4v) is 2.08. The molecule has 0 spiro atoms. The largest absolute Gasteiger partial charge is 0.499 e. The average molecular weight is 226 g/mol. The highest BCUT2D eigenvalue weighted by molar-refractivity contribution is 5.66. The van der Waals surface area contributed by atoms with Crippen LogP contribution in [0.1, 0.15) is 20.3 Å². The molecule has 5 nitrogen and oxygen atoms in total. The Balaban J connectivity index is 3.01. The van der Waals surface area contributed by atoms with E-state index in [4.69, 9.17) is 9.47 Å². The third-order valence-corrected chi connectivity index (χ3v) is 2.62. The lowest BCUT2D eigenvalue weighted by atomic mass is 9.93. The number of likely N-dealkylation sites (N-methyl/N-ethyl adjacent to an activating group) is 1. The van der Waals surface area contributed by atoms with Gasteiger partial charge in [-0.3, -0.25) is 9.79 Å². The van der Waals surface area contributed by atoms with Gasteiger partial charge in [-0.15, -0.1) is 0 Å². The number of ether oxygens (including phenoxy) is 2. The molecule has 0 aromatic rings. The topological polar surface area (TPSA) is 51.1 Å². The van der Waals surface area contributed by atoms with Gasteiger partial charge in [0, 0.05) is 20.2 Å². The van der Waals surface area contributed by atoms with Crippen LogP contribution in [0.2, 0.25) is 0 Å². The molecule has 1 aliphatic rings. The maximum absolute atomic E-state index is 11.1. The molecule has 0 aliphatic carbocycles. The molecule has 0 radical (unpaired) electrons. The van der Waals surface area contributed by atoms with Gasteiger partial charge >= 0.3 is 5.97 Å². The highest BCUT2D eigenvalue weighted by Crippen LogP contribution is 2.33. The van der Waals surface area contributed by atoms with Gasteiger partial charge in [-0.2, -0.15) is 0 Å².